The van der Waals surface area contributed by atoms with E-state index in [0.29, 0.717) is 0 Å². The molecule has 3 N–H and O–H groups in total. The highest BCUT2D eigenvalue weighted by atomic mass is 79.9. The average Bonchev–Trinajstić information content (AvgIpc) is 2.97. The molecule has 0 radical (unpaired) electrons. The first kappa shape index (κ1) is 14.7. The van der Waals surface area contributed by atoms with E-state index in [2.05, 4.69) is 39.6 Å². The summed E-state index contributed by atoms with van der Waals surface area (Å²) in [4.78, 5) is 4.34. The third-order valence-electron chi connectivity index (χ3n) is 3.84. The van der Waals surface area contributed by atoms with Gasteiger partial charge in [0.05, 0.1) is 9.83 Å². The van der Waals surface area contributed by atoms with Crippen LogP contribution in [0.1, 0.15) is 45.5 Å². The molecule has 0 aromatic carbocycles. The molecule has 108 valence electrons. The highest BCUT2D eigenvalue weighted by Crippen LogP contribution is 2.34. The molecule has 0 saturated heterocycles. The molecule has 1 atom stereocenters. The van der Waals surface area contributed by atoms with Gasteiger partial charge in [0.1, 0.15) is 0 Å². The summed E-state index contributed by atoms with van der Waals surface area (Å²) in [7, 11) is 0. The first-order valence-electron chi connectivity index (χ1n) is 7.08. The fraction of sp³-hybridized carbons (Fsp3) is 0.467. The minimum Gasteiger partial charge on any atom is -0.271 e. The highest BCUT2D eigenvalue weighted by Gasteiger charge is 2.18. The summed E-state index contributed by atoms with van der Waals surface area (Å²) in [5, 5.41) is 0. The Balaban J connectivity index is 1.79. The maximum atomic E-state index is 5.80. The molecule has 2 heterocycles. The molecule has 0 spiro atoms. The van der Waals surface area contributed by atoms with Crippen LogP contribution in [0.3, 0.4) is 0 Å². The topological polar surface area (TPSA) is 38.0 Å². The Hall–Kier alpha value is -0.200. The molecular weight excluding hydrogens is 352 g/mol. The maximum Gasteiger partial charge on any atom is 0.0701 e. The second-order valence-corrected chi connectivity index (χ2v) is 9.00. The van der Waals surface area contributed by atoms with Gasteiger partial charge in [0.15, 0.2) is 0 Å². The Morgan fingerprint density at radius 1 is 1.20 bits per heavy atom. The minimum atomic E-state index is 0.234. The first-order chi connectivity index (χ1) is 9.76. The summed E-state index contributed by atoms with van der Waals surface area (Å²) in [5.41, 5.74) is 4.57. The number of aryl methyl sites for hydroxylation is 2. The SMILES string of the molecule is NNC(Cc1ccc(Br)s1)c1cc2c(s1)CCCCC2. The van der Waals surface area contributed by atoms with Crippen LogP contribution in [-0.2, 0) is 19.3 Å². The lowest BCUT2D eigenvalue weighted by molar-refractivity contribution is 0.564. The van der Waals surface area contributed by atoms with Gasteiger partial charge >= 0.3 is 0 Å². The molecule has 2 nitrogen and oxygen atoms in total. The van der Waals surface area contributed by atoms with E-state index < -0.39 is 0 Å². The van der Waals surface area contributed by atoms with E-state index in [9.17, 15) is 0 Å². The van der Waals surface area contributed by atoms with Crippen molar-refractivity contribution >= 4 is 38.6 Å². The summed E-state index contributed by atoms with van der Waals surface area (Å²) in [5.74, 6) is 5.80. The minimum absolute atomic E-state index is 0.234. The monoisotopic (exact) mass is 370 g/mol. The Labute approximate surface area is 136 Å². The number of hydrogen-bond donors (Lipinski definition) is 2. The number of rotatable bonds is 4. The third kappa shape index (κ3) is 3.34. The standard InChI is InChI=1S/C15H19BrN2S2/c16-15-7-6-11(19-15)9-12(18-17)14-8-10-4-2-1-3-5-13(10)20-14/h6-8,12,18H,1-5,9,17H2. The van der Waals surface area contributed by atoms with Crippen LogP contribution in [0, 0.1) is 0 Å². The maximum absolute atomic E-state index is 5.80. The number of hydrazine groups is 1. The normalized spacial score (nSPS) is 16.7. The molecular formula is C15H19BrN2S2. The fourth-order valence-electron chi connectivity index (χ4n) is 2.77. The van der Waals surface area contributed by atoms with E-state index in [0.717, 1.165) is 6.42 Å². The van der Waals surface area contributed by atoms with E-state index in [-0.39, 0.29) is 6.04 Å². The molecule has 0 aliphatic heterocycles. The van der Waals surface area contributed by atoms with Gasteiger partial charge in [0.25, 0.3) is 0 Å². The molecule has 20 heavy (non-hydrogen) atoms. The van der Waals surface area contributed by atoms with Crippen LogP contribution in [0.15, 0.2) is 22.0 Å². The predicted molar refractivity (Wildman–Crippen MR) is 91.4 cm³/mol. The lowest BCUT2D eigenvalue weighted by Gasteiger charge is -2.13. The smallest absolute Gasteiger partial charge is 0.0701 e. The van der Waals surface area contributed by atoms with Gasteiger partial charge in [-0.1, -0.05) is 6.42 Å². The number of nitrogens with two attached hydrogens (primary N) is 1. The lowest BCUT2D eigenvalue weighted by Crippen LogP contribution is -2.28. The zero-order valence-corrected chi connectivity index (χ0v) is 14.5. The number of thiophene rings is 2. The van der Waals surface area contributed by atoms with Crippen molar-refractivity contribution in [2.24, 2.45) is 5.84 Å². The fourth-order valence-corrected chi connectivity index (χ4v) is 5.61. The van der Waals surface area contributed by atoms with Crippen LogP contribution in [0.2, 0.25) is 0 Å². The zero-order valence-electron chi connectivity index (χ0n) is 11.3. The van der Waals surface area contributed by atoms with Crippen LogP contribution < -0.4 is 11.3 Å². The first-order valence-corrected chi connectivity index (χ1v) is 9.50. The van der Waals surface area contributed by atoms with Crippen molar-refractivity contribution in [1.29, 1.82) is 0 Å². The van der Waals surface area contributed by atoms with Crippen LogP contribution in [-0.4, -0.2) is 0 Å². The van der Waals surface area contributed by atoms with Crippen LogP contribution in [0.4, 0.5) is 0 Å². The van der Waals surface area contributed by atoms with Crippen molar-refractivity contribution in [3.8, 4) is 0 Å². The number of fused-ring (bicyclic) bond motifs is 1. The Kier molecular flexibility index (Phi) is 4.94. The molecule has 0 fully saturated rings. The van der Waals surface area contributed by atoms with Gasteiger partial charge in [0.2, 0.25) is 0 Å². The second-order valence-electron chi connectivity index (χ2n) is 5.29. The Morgan fingerprint density at radius 3 is 2.80 bits per heavy atom. The summed E-state index contributed by atoms with van der Waals surface area (Å²) in [6.45, 7) is 0. The number of hydrogen-bond acceptors (Lipinski definition) is 4. The van der Waals surface area contributed by atoms with Crippen molar-refractivity contribution in [2.45, 2.75) is 44.6 Å². The quantitative estimate of drug-likeness (QED) is 0.469. The average molecular weight is 371 g/mol. The summed E-state index contributed by atoms with van der Waals surface area (Å²) in [6.07, 6.45) is 7.51. The Bertz CT molecular complexity index is 553. The second kappa shape index (κ2) is 6.71. The van der Waals surface area contributed by atoms with Crippen molar-refractivity contribution in [1.82, 2.24) is 5.43 Å². The van der Waals surface area contributed by atoms with Gasteiger partial charge in [-0.3, -0.25) is 11.3 Å². The van der Waals surface area contributed by atoms with Crippen LogP contribution in [0.25, 0.3) is 0 Å². The van der Waals surface area contributed by atoms with Crippen molar-refractivity contribution in [2.75, 3.05) is 0 Å². The molecule has 1 aliphatic rings. The number of nitrogens with one attached hydrogen (secondary N) is 1. The van der Waals surface area contributed by atoms with Crippen LogP contribution in [0.5, 0.6) is 0 Å². The lowest BCUT2D eigenvalue weighted by atomic mass is 10.1. The molecule has 1 aliphatic carbocycles. The van der Waals surface area contributed by atoms with Crippen molar-refractivity contribution in [3.63, 3.8) is 0 Å². The van der Waals surface area contributed by atoms with Crippen LogP contribution >= 0.6 is 38.6 Å². The van der Waals surface area contributed by atoms with E-state index >= 15 is 0 Å². The van der Waals surface area contributed by atoms with E-state index in [4.69, 9.17) is 5.84 Å². The van der Waals surface area contributed by atoms with Gasteiger partial charge < -0.3 is 0 Å². The van der Waals surface area contributed by atoms with Crippen molar-refractivity contribution < 1.29 is 0 Å². The van der Waals surface area contributed by atoms with E-state index in [1.807, 2.05) is 11.3 Å². The van der Waals surface area contributed by atoms with Crippen molar-refractivity contribution in [3.05, 3.63) is 42.2 Å². The van der Waals surface area contributed by atoms with Gasteiger partial charge in [-0.05, 0) is 65.4 Å². The molecule has 1 unspecified atom stereocenters. The number of halogens is 1. The molecule has 0 bridgehead atoms. The summed E-state index contributed by atoms with van der Waals surface area (Å²) < 4.78 is 1.19. The summed E-state index contributed by atoms with van der Waals surface area (Å²) in [6, 6.07) is 6.91. The van der Waals surface area contributed by atoms with E-state index in [1.165, 1.54) is 45.6 Å². The largest absolute Gasteiger partial charge is 0.271 e. The molecule has 0 amide bonds. The molecule has 2 aromatic heterocycles. The molecule has 2 aromatic rings. The van der Waals surface area contributed by atoms with Gasteiger partial charge in [-0.15, -0.1) is 22.7 Å². The molecule has 0 saturated carbocycles. The molecule has 5 heteroatoms. The van der Waals surface area contributed by atoms with Gasteiger partial charge in [-0.25, -0.2) is 0 Å². The van der Waals surface area contributed by atoms with Gasteiger partial charge in [0, 0.05) is 21.1 Å². The molecule has 3 rings (SSSR count). The summed E-state index contributed by atoms with van der Waals surface area (Å²) >= 11 is 7.27. The Morgan fingerprint density at radius 2 is 2.05 bits per heavy atom. The predicted octanol–water partition coefficient (Wildman–Crippen LogP) is 4.59. The zero-order chi connectivity index (χ0) is 13.9. The third-order valence-corrected chi connectivity index (χ3v) is 6.84. The van der Waals surface area contributed by atoms with E-state index in [1.54, 1.807) is 21.8 Å². The van der Waals surface area contributed by atoms with Gasteiger partial charge in [-0.2, -0.15) is 0 Å². The highest BCUT2D eigenvalue weighted by molar-refractivity contribution is 9.11.